The average molecular weight is 358 g/mol. The van der Waals surface area contributed by atoms with Gasteiger partial charge in [-0.25, -0.2) is 4.79 Å². The molecule has 0 aliphatic carbocycles. The van der Waals surface area contributed by atoms with E-state index in [9.17, 15) is 9.59 Å². The van der Waals surface area contributed by atoms with Crippen molar-refractivity contribution in [3.8, 4) is 0 Å². The predicted molar refractivity (Wildman–Crippen MR) is 100 cm³/mol. The van der Waals surface area contributed by atoms with Crippen LogP contribution in [0, 0.1) is 11.8 Å². The van der Waals surface area contributed by atoms with Gasteiger partial charge in [0.15, 0.2) is 0 Å². The molecule has 26 heavy (non-hydrogen) atoms. The summed E-state index contributed by atoms with van der Waals surface area (Å²) in [6.45, 7) is 6.83. The maximum absolute atomic E-state index is 12.6. The number of ether oxygens (including phenoxy) is 1. The molecular weight excluding hydrogens is 328 g/mol. The van der Waals surface area contributed by atoms with Crippen LogP contribution < -0.4 is 0 Å². The fourth-order valence-corrected chi connectivity index (χ4v) is 4.13. The minimum absolute atomic E-state index is 0.236. The molecule has 2 amide bonds. The van der Waals surface area contributed by atoms with Gasteiger partial charge in [0, 0.05) is 32.1 Å². The third-order valence-corrected chi connectivity index (χ3v) is 5.58. The van der Waals surface area contributed by atoms with Gasteiger partial charge in [0.05, 0.1) is 0 Å². The fraction of sp³-hybridized carbons (Fsp3) is 0.619. The monoisotopic (exact) mass is 358 g/mol. The van der Waals surface area contributed by atoms with E-state index in [4.69, 9.17) is 4.74 Å². The Hall–Kier alpha value is -2.04. The SMILES string of the molecule is CC(C)[C@H]1CCCN(C(=O)OCc2ccccc2)C[C@H]2CCC(=O)N1C2. The van der Waals surface area contributed by atoms with E-state index in [1.807, 2.05) is 35.2 Å². The van der Waals surface area contributed by atoms with Crippen LogP contribution >= 0.6 is 0 Å². The highest BCUT2D eigenvalue weighted by Gasteiger charge is 2.35. The molecule has 1 aromatic rings. The van der Waals surface area contributed by atoms with Crippen LogP contribution in [-0.4, -0.2) is 47.5 Å². The Bertz CT molecular complexity index is 617. The van der Waals surface area contributed by atoms with Crippen molar-refractivity contribution < 1.29 is 14.3 Å². The zero-order valence-electron chi connectivity index (χ0n) is 15.9. The molecule has 2 saturated heterocycles. The van der Waals surface area contributed by atoms with Crippen LogP contribution in [0.15, 0.2) is 30.3 Å². The van der Waals surface area contributed by atoms with Gasteiger partial charge in [0.2, 0.25) is 5.91 Å². The van der Waals surface area contributed by atoms with Crippen molar-refractivity contribution in [2.24, 2.45) is 11.8 Å². The number of nitrogens with zero attached hydrogens (tertiary/aromatic N) is 2. The zero-order valence-corrected chi connectivity index (χ0v) is 15.9. The summed E-state index contributed by atoms with van der Waals surface area (Å²) in [7, 11) is 0. The summed E-state index contributed by atoms with van der Waals surface area (Å²) in [6, 6.07) is 10.1. The summed E-state index contributed by atoms with van der Waals surface area (Å²) in [5, 5.41) is 0. The van der Waals surface area contributed by atoms with E-state index in [1.165, 1.54) is 0 Å². The van der Waals surface area contributed by atoms with Gasteiger partial charge in [-0.3, -0.25) is 4.79 Å². The summed E-state index contributed by atoms with van der Waals surface area (Å²) < 4.78 is 5.54. The third-order valence-electron chi connectivity index (χ3n) is 5.58. The lowest BCUT2D eigenvalue weighted by atomic mass is 9.91. The Labute approximate surface area is 156 Å². The van der Waals surface area contributed by atoms with E-state index < -0.39 is 0 Å². The highest BCUT2D eigenvalue weighted by molar-refractivity contribution is 5.77. The lowest BCUT2D eigenvalue weighted by molar-refractivity contribution is -0.138. The van der Waals surface area contributed by atoms with Crippen molar-refractivity contribution in [2.45, 2.75) is 52.2 Å². The van der Waals surface area contributed by atoms with Crippen LogP contribution in [0.2, 0.25) is 0 Å². The van der Waals surface area contributed by atoms with Gasteiger partial charge in [0.1, 0.15) is 6.61 Å². The molecule has 0 spiro atoms. The second-order valence-electron chi connectivity index (χ2n) is 7.89. The molecule has 2 atom stereocenters. The molecule has 2 bridgehead atoms. The Morgan fingerprint density at radius 1 is 1.19 bits per heavy atom. The van der Waals surface area contributed by atoms with E-state index in [0.717, 1.165) is 31.4 Å². The normalized spacial score (nSPS) is 24.0. The van der Waals surface area contributed by atoms with Gasteiger partial charge in [-0.2, -0.15) is 0 Å². The Morgan fingerprint density at radius 2 is 1.96 bits per heavy atom. The van der Waals surface area contributed by atoms with Crippen molar-refractivity contribution >= 4 is 12.0 Å². The molecule has 0 saturated carbocycles. The lowest BCUT2D eigenvalue weighted by Gasteiger charge is -2.40. The first-order valence-electron chi connectivity index (χ1n) is 9.79. The van der Waals surface area contributed by atoms with Crippen molar-refractivity contribution in [3.63, 3.8) is 0 Å². The first kappa shape index (κ1) is 18.7. The highest BCUT2D eigenvalue weighted by atomic mass is 16.6. The number of amides is 2. The second kappa shape index (κ2) is 8.56. The Kier molecular flexibility index (Phi) is 6.17. The maximum atomic E-state index is 12.6. The molecule has 2 heterocycles. The fourth-order valence-electron chi connectivity index (χ4n) is 4.13. The molecule has 2 fully saturated rings. The molecular formula is C21H30N2O3. The van der Waals surface area contributed by atoms with E-state index in [1.54, 1.807) is 0 Å². The topological polar surface area (TPSA) is 49.9 Å². The zero-order chi connectivity index (χ0) is 18.5. The first-order chi connectivity index (χ1) is 12.5. The molecule has 2 aliphatic rings. The summed E-state index contributed by atoms with van der Waals surface area (Å²) in [5.41, 5.74) is 0.999. The van der Waals surface area contributed by atoms with Crippen LogP contribution in [-0.2, 0) is 16.1 Å². The minimum atomic E-state index is -0.236. The first-order valence-corrected chi connectivity index (χ1v) is 9.79. The van der Waals surface area contributed by atoms with Crippen molar-refractivity contribution in [1.82, 2.24) is 9.80 Å². The maximum Gasteiger partial charge on any atom is 0.410 e. The molecule has 142 valence electrons. The van der Waals surface area contributed by atoms with E-state index in [-0.39, 0.29) is 18.0 Å². The van der Waals surface area contributed by atoms with Gasteiger partial charge in [-0.15, -0.1) is 0 Å². The van der Waals surface area contributed by atoms with Gasteiger partial charge < -0.3 is 14.5 Å². The smallest absolute Gasteiger partial charge is 0.410 e. The minimum Gasteiger partial charge on any atom is -0.445 e. The van der Waals surface area contributed by atoms with Crippen LogP contribution in [0.1, 0.15) is 45.1 Å². The number of benzene rings is 1. The van der Waals surface area contributed by atoms with E-state index in [2.05, 4.69) is 18.7 Å². The Morgan fingerprint density at radius 3 is 2.69 bits per heavy atom. The third kappa shape index (κ3) is 4.57. The van der Waals surface area contributed by atoms with Crippen molar-refractivity contribution in [2.75, 3.05) is 19.6 Å². The summed E-state index contributed by atoms with van der Waals surface area (Å²) >= 11 is 0. The number of rotatable bonds is 3. The molecule has 0 N–H and O–H groups in total. The van der Waals surface area contributed by atoms with Crippen molar-refractivity contribution in [3.05, 3.63) is 35.9 Å². The molecule has 2 aliphatic heterocycles. The number of fused-ring (bicyclic) bond motifs is 2. The van der Waals surface area contributed by atoms with Crippen molar-refractivity contribution in [1.29, 1.82) is 0 Å². The summed E-state index contributed by atoms with van der Waals surface area (Å²) in [4.78, 5) is 28.9. The summed E-state index contributed by atoms with van der Waals surface area (Å²) in [5.74, 6) is 1.06. The highest BCUT2D eigenvalue weighted by Crippen LogP contribution is 2.28. The molecule has 1 aromatic carbocycles. The number of carbonyl (C=O) groups is 2. The van der Waals surface area contributed by atoms with E-state index in [0.29, 0.717) is 38.0 Å². The number of piperidine rings is 1. The molecule has 0 aromatic heterocycles. The van der Waals surface area contributed by atoms with Gasteiger partial charge >= 0.3 is 6.09 Å². The standard InChI is InChI=1S/C21H30N2O3/c1-16(2)19-9-6-12-22(13-18-10-11-20(24)23(19)14-18)21(25)26-15-17-7-4-3-5-8-17/h3-5,7-8,16,18-19H,6,9-15H2,1-2H3/t18-,19-/m1/s1. The lowest BCUT2D eigenvalue weighted by Crippen LogP contribution is -2.49. The van der Waals surface area contributed by atoms with Crippen LogP contribution in [0.4, 0.5) is 4.79 Å². The van der Waals surface area contributed by atoms with Crippen LogP contribution in [0.3, 0.4) is 0 Å². The molecule has 0 radical (unpaired) electrons. The van der Waals surface area contributed by atoms with Gasteiger partial charge in [-0.05, 0) is 36.7 Å². The van der Waals surface area contributed by atoms with E-state index >= 15 is 0 Å². The summed E-state index contributed by atoms with van der Waals surface area (Å²) in [6.07, 6.45) is 3.07. The van der Waals surface area contributed by atoms with Gasteiger partial charge in [-0.1, -0.05) is 44.2 Å². The number of hydrogen-bond donors (Lipinski definition) is 0. The molecule has 3 rings (SSSR count). The molecule has 5 nitrogen and oxygen atoms in total. The molecule has 0 unspecified atom stereocenters. The van der Waals surface area contributed by atoms with Crippen LogP contribution in [0.5, 0.6) is 0 Å². The van der Waals surface area contributed by atoms with Crippen LogP contribution in [0.25, 0.3) is 0 Å². The second-order valence-corrected chi connectivity index (χ2v) is 7.89. The largest absolute Gasteiger partial charge is 0.445 e. The number of hydrogen-bond acceptors (Lipinski definition) is 3. The quantitative estimate of drug-likeness (QED) is 0.828. The molecule has 5 heteroatoms. The number of carbonyl (C=O) groups excluding carboxylic acids is 2. The van der Waals surface area contributed by atoms with Gasteiger partial charge in [0.25, 0.3) is 0 Å². The predicted octanol–water partition coefficient (Wildman–Crippen LogP) is 3.68. The Balaban J connectivity index is 1.64. The average Bonchev–Trinajstić information content (AvgIpc) is 2.71.